The molecule has 4 heterocycles. The van der Waals surface area contributed by atoms with Gasteiger partial charge in [-0.3, -0.25) is 10.1 Å². The van der Waals surface area contributed by atoms with Crippen molar-refractivity contribution in [3.05, 3.63) is 59.7 Å². The van der Waals surface area contributed by atoms with E-state index in [0.29, 0.717) is 28.2 Å². The Hall–Kier alpha value is -4.94. The van der Waals surface area contributed by atoms with Crippen molar-refractivity contribution in [3.8, 4) is 17.0 Å². The predicted molar refractivity (Wildman–Crippen MR) is 133 cm³/mol. The van der Waals surface area contributed by atoms with E-state index in [2.05, 4.69) is 35.8 Å². The van der Waals surface area contributed by atoms with Gasteiger partial charge in [-0.2, -0.15) is 9.61 Å². The summed E-state index contributed by atoms with van der Waals surface area (Å²) in [7, 11) is 1.27. The fourth-order valence-corrected chi connectivity index (χ4v) is 3.92. The fourth-order valence-electron chi connectivity index (χ4n) is 3.92. The maximum absolute atomic E-state index is 14.1. The van der Waals surface area contributed by atoms with E-state index in [4.69, 9.17) is 10.5 Å². The van der Waals surface area contributed by atoms with Gasteiger partial charge in [0.15, 0.2) is 5.65 Å². The summed E-state index contributed by atoms with van der Waals surface area (Å²) in [6.07, 6.45) is 1.41. The molecule has 2 bridgehead atoms. The molecule has 3 aromatic heterocycles. The monoisotopic (exact) mass is 506 g/mol. The summed E-state index contributed by atoms with van der Waals surface area (Å²) in [5.41, 5.74) is 9.12. The zero-order valence-corrected chi connectivity index (χ0v) is 19.9. The van der Waals surface area contributed by atoms with Gasteiger partial charge in [-0.15, -0.1) is 0 Å². The van der Waals surface area contributed by atoms with Crippen molar-refractivity contribution in [1.82, 2.24) is 24.9 Å². The number of halogens is 1. The number of nitrogen functional groups attached to an aromatic ring is 1. The quantitative estimate of drug-likeness (QED) is 0.321. The molecule has 0 radical (unpaired) electrons. The van der Waals surface area contributed by atoms with Gasteiger partial charge in [0.1, 0.15) is 29.1 Å². The number of hydrogen-bond donors (Lipinski definition) is 4. The average molecular weight is 506 g/mol. The van der Waals surface area contributed by atoms with Crippen LogP contribution in [-0.2, 0) is 11.3 Å². The van der Waals surface area contributed by atoms with Crippen LogP contribution < -0.4 is 26.4 Å². The summed E-state index contributed by atoms with van der Waals surface area (Å²) in [6, 6.07) is 8.14. The Kier molecular flexibility index (Phi) is 6.17. The second kappa shape index (κ2) is 9.60. The Balaban J connectivity index is 1.64. The molecule has 1 aliphatic heterocycles. The number of rotatable bonds is 2. The first-order chi connectivity index (χ1) is 17.8. The molecule has 1 atom stereocenters. The summed E-state index contributed by atoms with van der Waals surface area (Å²) in [4.78, 5) is 33.2. The number of nitrogens with zero attached hydrogens (tertiary/aromatic N) is 4. The number of ether oxygens (including phenoxy) is 2. The minimum absolute atomic E-state index is 0.106. The second-order valence-corrected chi connectivity index (χ2v) is 8.32. The molecule has 0 saturated heterocycles. The molecule has 0 spiro atoms. The summed E-state index contributed by atoms with van der Waals surface area (Å²) < 4.78 is 25.9. The smallest absolute Gasteiger partial charge is 0.411 e. The fraction of sp³-hybridized carbons (Fsp3) is 0.208. The van der Waals surface area contributed by atoms with Gasteiger partial charge >= 0.3 is 6.09 Å². The van der Waals surface area contributed by atoms with Crippen molar-refractivity contribution in [1.29, 1.82) is 0 Å². The third-order valence-electron chi connectivity index (χ3n) is 5.73. The molecule has 5 N–H and O–H groups in total. The third-order valence-corrected chi connectivity index (χ3v) is 5.73. The molecule has 2 amide bonds. The van der Waals surface area contributed by atoms with E-state index in [1.807, 2.05) is 0 Å². The standard InChI is InChI=1S/C24H23FN8O4/c1-12-8-28-22(34)17-11-30-33-19(26)18(13-3-5-16(6-4-13)31-24(35)36-2)20(32-21(17)33)27-9-14-7-15(25)10-29-23(14)37-12/h3-7,10-12H,8-9,26H2,1-2H3,(H,27,32)(H,28,34)(H,31,35). The van der Waals surface area contributed by atoms with Gasteiger partial charge in [0.25, 0.3) is 5.91 Å². The number of aromatic nitrogens is 4. The van der Waals surface area contributed by atoms with Crippen LogP contribution in [0.15, 0.2) is 42.7 Å². The van der Waals surface area contributed by atoms with Crippen molar-refractivity contribution in [2.75, 3.05) is 30.0 Å². The van der Waals surface area contributed by atoms with Crippen LogP contribution in [0.3, 0.4) is 0 Å². The molecule has 37 heavy (non-hydrogen) atoms. The molecule has 0 saturated carbocycles. The molecular formula is C24H23FN8O4. The lowest BCUT2D eigenvalue weighted by atomic mass is 10.1. The van der Waals surface area contributed by atoms with Crippen LogP contribution in [0.2, 0.25) is 0 Å². The number of anilines is 3. The largest absolute Gasteiger partial charge is 0.473 e. The first-order valence-electron chi connectivity index (χ1n) is 11.3. The van der Waals surface area contributed by atoms with Crippen LogP contribution >= 0.6 is 0 Å². The van der Waals surface area contributed by atoms with Crippen LogP contribution in [0.1, 0.15) is 22.8 Å². The summed E-state index contributed by atoms with van der Waals surface area (Å²) in [6.45, 7) is 2.05. The minimum Gasteiger partial charge on any atom is -0.473 e. The van der Waals surface area contributed by atoms with E-state index in [-0.39, 0.29) is 36.0 Å². The number of carbonyl (C=O) groups excluding carboxylic acids is 2. The van der Waals surface area contributed by atoms with Crippen molar-refractivity contribution < 1.29 is 23.5 Å². The number of nitrogens with one attached hydrogen (secondary N) is 3. The van der Waals surface area contributed by atoms with Crippen LogP contribution in [0.5, 0.6) is 5.88 Å². The summed E-state index contributed by atoms with van der Waals surface area (Å²) >= 11 is 0. The van der Waals surface area contributed by atoms with E-state index < -0.39 is 23.9 Å². The molecule has 13 heteroatoms. The SMILES string of the molecule is COC(=O)Nc1ccc(-c2c3nc4c(cnn4c2N)C(=O)NCC(C)Oc2ncc(F)cc2CN3)cc1. The zero-order valence-electron chi connectivity index (χ0n) is 19.9. The van der Waals surface area contributed by atoms with Gasteiger partial charge in [-0.1, -0.05) is 12.1 Å². The topological polar surface area (TPSA) is 158 Å². The number of nitrogens with two attached hydrogens (primary N) is 1. The highest BCUT2D eigenvalue weighted by molar-refractivity contribution is 6.01. The Bertz CT molecular complexity index is 1510. The molecule has 5 rings (SSSR count). The minimum atomic E-state index is -0.603. The number of benzene rings is 1. The molecule has 1 aliphatic rings. The van der Waals surface area contributed by atoms with Crippen LogP contribution in [-0.4, -0.2) is 51.3 Å². The number of amides is 2. The lowest BCUT2D eigenvalue weighted by Gasteiger charge is -2.18. The first kappa shape index (κ1) is 23.8. The second-order valence-electron chi connectivity index (χ2n) is 8.32. The van der Waals surface area contributed by atoms with Crippen molar-refractivity contribution in [2.24, 2.45) is 0 Å². The Morgan fingerprint density at radius 3 is 2.81 bits per heavy atom. The number of fused-ring (bicyclic) bond motifs is 2. The van der Waals surface area contributed by atoms with E-state index in [1.165, 1.54) is 23.9 Å². The van der Waals surface area contributed by atoms with Gasteiger partial charge in [-0.05, 0) is 30.7 Å². The predicted octanol–water partition coefficient (Wildman–Crippen LogP) is 2.81. The van der Waals surface area contributed by atoms with Crippen LogP contribution in [0, 0.1) is 5.82 Å². The summed E-state index contributed by atoms with van der Waals surface area (Å²) in [5.74, 6) is -0.148. The van der Waals surface area contributed by atoms with Crippen LogP contribution in [0.4, 0.5) is 26.5 Å². The highest BCUT2D eigenvalue weighted by atomic mass is 19.1. The number of pyridine rings is 1. The lowest BCUT2D eigenvalue weighted by Crippen LogP contribution is -2.33. The normalized spacial score (nSPS) is 15.3. The number of carbonyl (C=O) groups is 2. The van der Waals surface area contributed by atoms with Gasteiger partial charge in [0, 0.05) is 17.8 Å². The Labute approximate surface area is 210 Å². The van der Waals surface area contributed by atoms with E-state index in [1.54, 1.807) is 31.2 Å². The Morgan fingerprint density at radius 1 is 1.27 bits per heavy atom. The molecule has 1 aromatic carbocycles. The lowest BCUT2D eigenvalue weighted by molar-refractivity contribution is 0.0932. The molecule has 0 fully saturated rings. The molecular weight excluding hydrogens is 483 g/mol. The zero-order chi connectivity index (χ0) is 26.1. The van der Waals surface area contributed by atoms with Gasteiger partial charge in [0.05, 0.1) is 31.6 Å². The maximum atomic E-state index is 14.1. The van der Waals surface area contributed by atoms with Crippen molar-refractivity contribution in [3.63, 3.8) is 0 Å². The molecule has 12 nitrogen and oxygen atoms in total. The summed E-state index contributed by atoms with van der Waals surface area (Å²) in [5, 5.41) is 12.9. The maximum Gasteiger partial charge on any atom is 0.411 e. The molecule has 0 aliphatic carbocycles. The number of hydrogen-bond acceptors (Lipinski definition) is 9. The molecule has 4 aromatic rings. The van der Waals surface area contributed by atoms with Crippen molar-refractivity contribution >= 4 is 35.0 Å². The van der Waals surface area contributed by atoms with E-state index in [0.717, 1.165) is 6.20 Å². The average Bonchev–Trinajstić information content (AvgIpc) is 3.32. The van der Waals surface area contributed by atoms with Gasteiger partial charge < -0.3 is 25.8 Å². The van der Waals surface area contributed by atoms with Crippen molar-refractivity contribution in [2.45, 2.75) is 19.6 Å². The van der Waals surface area contributed by atoms with Gasteiger partial charge in [0.2, 0.25) is 5.88 Å². The first-order valence-corrected chi connectivity index (χ1v) is 11.3. The third kappa shape index (κ3) is 4.66. The highest BCUT2D eigenvalue weighted by Crippen LogP contribution is 2.35. The highest BCUT2D eigenvalue weighted by Gasteiger charge is 2.23. The van der Waals surface area contributed by atoms with E-state index in [9.17, 15) is 14.0 Å². The van der Waals surface area contributed by atoms with Gasteiger partial charge in [-0.25, -0.2) is 19.2 Å². The Morgan fingerprint density at radius 2 is 2.05 bits per heavy atom. The number of methoxy groups -OCH3 is 1. The molecule has 190 valence electrons. The van der Waals surface area contributed by atoms with E-state index >= 15 is 0 Å². The molecule has 1 unspecified atom stereocenters. The van der Waals surface area contributed by atoms with Crippen LogP contribution in [0.25, 0.3) is 16.8 Å².